The first-order valence-electron chi connectivity index (χ1n) is 5.27. The van der Waals surface area contributed by atoms with Crippen molar-refractivity contribution in [3.05, 3.63) is 22.8 Å². The van der Waals surface area contributed by atoms with Crippen molar-refractivity contribution in [3.63, 3.8) is 0 Å². The van der Waals surface area contributed by atoms with E-state index in [9.17, 15) is 13.2 Å². The molecule has 0 atom stereocenters. The number of fused-ring (bicyclic) bond motifs is 1. The van der Waals surface area contributed by atoms with Gasteiger partial charge in [-0.15, -0.1) is 5.10 Å². The van der Waals surface area contributed by atoms with E-state index in [1.165, 1.54) is 0 Å². The van der Waals surface area contributed by atoms with Gasteiger partial charge in [-0.3, -0.25) is 0 Å². The molecule has 0 saturated heterocycles. The average molecular weight is 323 g/mol. The first-order chi connectivity index (χ1) is 8.44. The topological polar surface area (TPSA) is 42.2 Å². The normalized spacial score (nSPS) is 12.0. The maximum atomic E-state index is 11.9. The maximum Gasteiger partial charge on any atom is 0.389 e. The number of aromatic nitrogens is 3. The van der Waals surface area contributed by atoms with Gasteiger partial charge in [0.1, 0.15) is 0 Å². The van der Waals surface area contributed by atoms with Gasteiger partial charge in [-0.2, -0.15) is 18.2 Å². The van der Waals surface area contributed by atoms with Gasteiger partial charge in [-0.1, -0.05) is 0 Å². The van der Waals surface area contributed by atoms with Gasteiger partial charge in [0.25, 0.3) is 0 Å². The van der Waals surface area contributed by atoms with E-state index < -0.39 is 12.6 Å². The van der Waals surface area contributed by atoms with Crippen LogP contribution in [0.15, 0.2) is 22.8 Å². The zero-order chi connectivity index (χ0) is 13.2. The van der Waals surface area contributed by atoms with Crippen LogP contribution in [0.4, 0.5) is 19.1 Å². The fourth-order valence-electron chi connectivity index (χ4n) is 1.42. The summed E-state index contributed by atoms with van der Waals surface area (Å²) in [5.41, 5.74) is 0.636. The minimum Gasteiger partial charge on any atom is -0.353 e. The summed E-state index contributed by atoms with van der Waals surface area (Å²) in [6.07, 6.45) is -3.19. The Labute approximate surface area is 109 Å². The fourth-order valence-corrected chi connectivity index (χ4v) is 1.75. The number of nitrogens with zero attached hydrogens (tertiary/aromatic N) is 3. The number of hydrogen-bond donors (Lipinski definition) is 1. The molecule has 4 nitrogen and oxygen atoms in total. The van der Waals surface area contributed by atoms with Crippen LogP contribution in [-0.4, -0.2) is 27.3 Å². The van der Waals surface area contributed by atoms with Crippen molar-refractivity contribution in [2.24, 2.45) is 0 Å². The minimum atomic E-state index is -4.11. The summed E-state index contributed by atoms with van der Waals surface area (Å²) >= 11 is 3.29. The molecule has 0 aliphatic carbocycles. The van der Waals surface area contributed by atoms with E-state index in [2.05, 4.69) is 31.3 Å². The molecule has 0 aliphatic heterocycles. The molecule has 0 spiro atoms. The zero-order valence-electron chi connectivity index (χ0n) is 9.21. The van der Waals surface area contributed by atoms with Gasteiger partial charge in [0, 0.05) is 23.6 Å². The van der Waals surface area contributed by atoms with Crippen LogP contribution in [0.1, 0.15) is 12.8 Å². The van der Waals surface area contributed by atoms with E-state index in [1.807, 2.05) is 6.07 Å². The van der Waals surface area contributed by atoms with Gasteiger partial charge in [0.15, 0.2) is 5.65 Å². The van der Waals surface area contributed by atoms with Crippen LogP contribution in [-0.2, 0) is 0 Å². The van der Waals surface area contributed by atoms with Crippen molar-refractivity contribution in [2.75, 3.05) is 11.9 Å². The molecule has 2 heterocycles. The molecule has 0 aliphatic rings. The van der Waals surface area contributed by atoms with Crippen LogP contribution in [0.5, 0.6) is 0 Å². The second kappa shape index (κ2) is 5.13. The van der Waals surface area contributed by atoms with Crippen LogP contribution < -0.4 is 5.32 Å². The smallest absolute Gasteiger partial charge is 0.353 e. The van der Waals surface area contributed by atoms with Crippen LogP contribution in [0, 0.1) is 0 Å². The van der Waals surface area contributed by atoms with Gasteiger partial charge in [-0.05, 0) is 34.5 Å². The van der Waals surface area contributed by atoms with Crippen LogP contribution in [0.2, 0.25) is 0 Å². The lowest BCUT2D eigenvalue weighted by atomic mass is 10.3. The third kappa shape index (κ3) is 3.59. The monoisotopic (exact) mass is 322 g/mol. The second-order valence-corrected chi connectivity index (χ2v) is 4.65. The van der Waals surface area contributed by atoms with Gasteiger partial charge in [0.05, 0.1) is 0 Å². The lowest BCUT2D eigenvalue weighted by Crippen LogP contribution is -2.11. The molecule has 98 valence electrons. The number of hydrogen-bond acceptors (Lipinski definition) is 3. The fraction of sp³-hybridized carbons (Fsp3) is 0.400. The Morgan fingerprint density at radius 2 is 2.11 bits per heavy atom. The van der Waals surface area contributed by atoms with Gasteiger partial charge >= 0.3 is 6.18 Å². The Bertz CT molecular complexity index is 537. The molecule has 2 aromatic rings. The van der Waals surface area contributed by atoms with Crippen LogP contribution >= 0.6 is 15.9 Å². The number of alkyl halides is 3. The molecule has 2 aromatic heterocycles. The van der Waals surface area contributed by atoms with Crippen molar-refractivity contribution < 1.29 is 13.2 Å². The highest BCUT2D eigenvalue weighted by Gasteiger charge is 2.25. The van der Waals surface area contributed by atoms with E-state index in [0.29, 0.717) is 11.6 Å². The highest BCUT2D eigenvalue weighted by molar-refractivity contribution is 9.10. The van der Waals surface area contributed by atoms with Crippen LogP contribution in [0.3, 0.4) is 0 Å². The van der Waals surface area contributed by atoms with Crippen LogP contribution in [0.25, 0.3) is 5.65 Å². The Morgan fingerprint density at radius 3 is 2.83 bits per heavy atom. The predicted molar refractivity (Wildman–Crippen MR) is 64.5 cm³/mol. The summed E-state index contributed by atoms with van der Waals surface area (Å²) in [5.74, 6) is 0.329. The summed E-state index contributed by atoms with van der Waals surface area (Å²) in [6.45, 7) is 0.192. The molecule has 0 unspecified atom stereocenters. The SMILES string of the molecule is FC(F)(F)CCCNc1nc2ccc(Br)cn2n1. The molecule has 2 rings (SSSR count). The molecule has 0 amide bonds. The van der Waals surface area contributed by atoms with Crippen molar-refractivity contribution in [3.8, 4) is 0 Å². The molecule has 0 bridgehead atoms. The summed E-state index contributed by atoms with van der Waals surface area (Å²) in [6, 6.07) is 3.58. The number of rotatable bonds is 4. The summed E-state index contributed by atoms with van der Waals surface area (Å²) < 4.78 is 38.2. The maximum absolute atomic E-state index is 11.9. The van der Waals surface area contributed by atoms with Crippen molar-refractivity contribution in [2.45, 2.75) is 19.0 Å². The zero-order valence-corrected chi connectivity index (χ0v) is 10.8. The number of nitrogens with one attached hydrogen (secondary N) is 1. The Hall–Kier alpha value is -1.31. The number of pyridine rings is 1. The number of anilines is 1. The Kier molecular flexibility index (Phi) is 3.74. The molecule has 18 heavy (non-hydrogen) atoms. The second-order valence-electron chi connectivity index (χ2n) is 3.73. The predicted octanol–water partition coefficient (Wildman–Crippen LogP) is 3.25. The van der Waals surface area contributed by atoms with Gasteiger partial charge in [0.2, 0.25) is 5.95 Å². The molecular weight excluding hydrogens is 313 g/mol. The number of halogens is 4. The van der Waals surface area contributed by atoms with E-state index in [0.717, 1.165) is 4.47 Å². The van der Waals surface area contributed by atoms with Crippen molar-refractivity contribution in [1.29, 1.82) is 0 Å². The molecule has 1 N–H and O–H groups in total. The first-order valence-corrected chi connectivity index (χ1v) is 6.06. The van der Waals surface area contributed by atoms with E-state index in [1.54, 1.807) is 16.8 Å². The standard InChI is InChI=1S/C10H10BrF3N4/c11-7-2-3-8-16-9(17-18(8)6-7)15-5-1-4-10(12,13)14/h2-3,6H,1,4-5H2,(H,15,17). The molecule has 0 aromatic carbocycles. The lowest BCUT2D eigenvalue weighted by Gasteiger charge is -2.05. The molecule has 0 radical (unpaired) electrons. The lowest BCUT2D eigenvalue weighted by molar-refractivity contribution is -0.134. The molecular formula is C10H10BrF3N4. The molecule has 0 saturated carbocycles. The average Bonchev–Trinajstić information content (AvgIpc) is 2.65. The van der Waals surface area contributed by atoms with Crippen molar-refractivity contribution in [1.82, 2.24) is 14.6 Å². The Balaban J connectivity index is 1.92. The van der Waals surface area contributed by atoms with E-state index >= 15 is 0 Å². The highest BCUT2D eigenvalue weighted by Crippen LogP contribution is 2.21. The highest BCUT2D eigenvalue weighted by atomic mass is 79.9. The van der Waals surface area contributed by atoms with Crippen molar-refractivity contribution >= 4 is 27.5 Å². The molecule has 8 heteroatoms. The minimum absolute atomic E-state index is 0.00272. The Morgan fingerprint density at radius 1 is 1.33 bits per heavy atom. The third-order valence-corrected chi connectivity index (χ3v) is 2.68. The summed E-state index contributed by atoms with van der Waals surface area (Å²) in [4.78, 5) is 4.13. The molecule has 0 fully saturated rings. The van der Waals surface area contributed by atoms with E-state index in [4.69, 9.17) is 0 Å². The van der Waals surface area contributed by atoms with Gasteiger partial charge < -0.3 is 5.32 Å². The summed E-state index contributed by atoms with van der Waals surface area (Å²) in [5, 5.41) is 6.86. The van der Waals surface area contributed by atoms with Gasteiger partial charge in [-0.25, -0.2) is 4.52 Å². The quantitative estimate of drug-likeness (QED) is 0.879. The largest absolute Gasteiger partial charge is 0.389 e. The third-order valence-electron chi connectivity index (χ3n) is 2.22. The summed E-state index contributed by atoms with van der Waals surface area (Å²) in [7, 11) is 0. The van der Waals surface area contributed by atoms with E-state index in [-0.39, 0.29) is 13.0 Å². The first kappa shape index (κ1) is 13.1.